The summed E-state index contributed by atoms with van der Waals surface area (Å²) in [6, 6.07) is 4.24. The van der Waals surface area contributed by atoms with E-state index in [1.807, 2.05) is 4.90 Å². The average Bonchev–Trinajstić information content (AvgIpc) is 3.20. The van der Waals surface area contributed by atoms with E-state index in [-0.39, 0.29) is 11.8 Å². The lowest BCUT2D eigenvalue weighted by Gasteiger charge is -2.20. The molecule has 0 saturated carbocycles. The van der Waals surface area contributed by atoms with Gasteiger partial charge in [-0.2, -0.15) is 0 Å². The Kier molecular flexibility index (Phi) is 3.20. The number of amides is 1. The molecular weight excluding hydrogens is 284 g/mol. The normalized spacial score (nSPS) is 25.5. The van der Waals surface area contributed by atoms with Crippen molar-refractivity contribution in [2.75, 3.05) is 24.5 Å². The van der Waals surface area contributed by atoms with Gasteiger partial charge >= 0.3 is 0 Å². The fourth-order valence-electron chi connectivity index (χ4n) is 3.37. The van der Waals surface area contributed by atoms with E-state index in [2.05, 4.69) is 32.4 Å². The predicted molar refractivity (Wildman–Crippen MR) is 81.0 cm³/mol. The number of hydrogen-bond acceptors (Lipinski definition) is 5. The van der Waals surface area contributed by atoms with Gasteiger partial charge in [0.15, 0.2) is 0 Å². The number of thiophene rings is 1. The van der Waals surface area contributed by atoms with E-state index in [1.54, 1.807) is 23.7 Å². The quantitative estimate of drug-likeness (QED) is 0.864. The van der Waals surface area contributed by atoms with Crippen LogP contribution >= 0.6 is 11.3 Å². The molecule has 21 heavy (non-hydrogen) atoms. The number of fused-ring (bicyclic) bond motifs is 1. The molecule has 5 nitrogen and oxygen atoms in total. The molecule has 6 heteroatoms. The van der Waals surface area contributed by atoms with Crippen molar-refractivity contribution in [3.8, 4) is 0 Å². The molecule has 2 atom stereocenters. The molecular formula is C15H16N4OS. The summed E-state index contributed by atoms with van der Waals surface area (Å²) in [7, 11) is 0. The molecule has 2 aromatic heterocycles. The Hall–Kier alpha value is -1.79. The van der Waals surface area contributed by atoms with Crippen LogP contribution in [0.2, 0.25) is 0 Å². The van der Waals surface area contributed by atoms with Crippen molar-refractivity contribution in [2.24, 2.45) is 11.8 Å². The smallest absolute Gasteiger partial charge is 0.231 e. The Morgan fingerprint density at radius 2 is 2.10 bits per heavy atom. The molecule has 4 rings (SSSR count). The van der Waals surface area contributed by atoms with Gasteiger partial charge in [0, 0.05) is 37.0 Å². The Bertz CT molecular complexity index is 630. The van der Waals surface area contributed by atoms with Crippen LogP contribution in [-0.2, 0) is 11.3 Å². The Morgan fingerprint density at radius 3 is 2.81 bits per heavy atom. The number of anilines is 1. The SMILES string of the molecule is O=C1[C@H]2CN(Cc3cccs3)C[C@H]2CN1c1cncnc1. The van der Waals surface area contributed by atoms with Crippen LogP contribution in [0.4, 0.5) is 5.69 Å². The summed E-state index contributed by atoms with van der Waals surface area (Å²) in [5.41, 5.74) is 0.821. The van der Waals surface area contributed by atoms with Crippen molar-refractivity contribution in [1.82, 2.24) is 14.9 Å². The van der Waals surface area contributed by atoms with Crippen LogP contribution in [0, 0.1) is 11.8 Å². The maximum Gasteiger partial charge on any atom is 0.231 e. The number of aromatic nitrogens is 2. The van der Waals surface area contributed by atoms with Crippen LogP contribution in [0.5, 0.6) is 0 Å². The van der Waals surface area contributed by atoms with E-state index >= 15 is 0 Å². The molecule has 2 aromatic rings. The third-order valence-corrected chi connectivity index (χ3v) is 5.20. The lowest BCUT2D eigenvalue weighted by molar-refractivity contribution is -0.120. The molecule has 2 fully saturated rings. The Labute approximate surface area is 127 Å². The number of carbonyl (C=O) groups is 1. The fourth-order valence-corrected chi connectivity index (χ4v) is 4.11. The molecule has 1 amide bonds. The number of likely N-dealkylation sites (tertiary alicyclic amines) is 1. The monoisotopic (exact) mass is 300 g/mol. The average molecular weight is 300 g/mol. The predicted octanol–water partition coefficient (Wildman–Crippen LogP) is 1.63. The second kappa shape index (κ2) is 5.20. The molecule has 4 heterocycles. The van der Waals surface area contributed by atoms with Crippen molar-refractivity contribution in [2.45, 2.75) is 6.54 Å². The largest absolute Gasteiger partial charge is 0.309 e. The van der Waals surface area contributed by atoms with Gasteiger partial charge in [-0.25, -0.2) is 9.97 Å². The van der Waals surface area contributed by atoms with E-state index in [1.165, 1.54) is 11.2 Å². The van der Waals surface area contributed by atoms with Gasteiger partial charge in [-0.15, -0.1) is 11.3 Å². The van der Waals surface area contributed by atoms with E-state index in [0.29, 0.717) is 5.92 Å². The van der Waals surface area contributed by atoms with Crippen molar-refractivity contribution in [1.29, 1.82) is 0 Å². The Balaban J connectivity index is 1.45. The Morgan fingerprint density at radius 1 is 1.24 bits per heavy atom. The van der Waals surface area contributed by atoms with Crippen molar-refractivity contribution in [3.05, 3.63) is 41.1 Å². The lowest BCUT2D eigenvalue weighted by atomic mass is 10.0. The van der Waals surface area contributed by atoms with Crippen LogP contribution in [-0.4, -0.2) is 40.4 Å². The molecule has 108 valence electrons. The summed E-state index contributed by atoms with van der Waals surface area (Å²) in [6.07, 6.45) is 4.93. The van der Waals surface area contributed by atoms with Crippen molar-refractivity contribution >= 4 is 22.9 Å². The zero-order valence-electron chi connectivity index (χ0n) is 11.6. The second-order valence-corrected chi connectivity index (χ2v) is 6.72. The van der Waals surface area contributed by atoms with Gasteiger partial charge in [-0.05, 0) is 11.4 Å². The van der Waals surface area contributed by atoms with Crippen LogP contribution < -0.4 is 4.90 Å². The molecule has 0 aliphatic carbocycles. The minimum Gasteiger partial charge on any atom is -0.309 e. The summed E-state index contributed by atoms with van der Waals surface area (Å²) in [4.78, 5) is 26.2. The summed E-state index contributed by atoms with van der Waals surface area (Å²) in [5.74, 6) is 0.784. The van der Waals surface area contributed by atoms with Crippen LogP contribution in [0.3, 0.4) is 0 Å². The molecule has 0 unspecified atom stereocenters. The van der Waals surface area contributed by atoms with Crippen LogP contribution in [0.1, 0.15) is 4.88 Å². The van der Waals surface area contributed by atoms with E-state index < -0.39 is 0 Å². The van der Waals surface area contributed by atoms with Gasteiger partial charge in [0.1, 0.15) is 6.33 Å². The molecule has 0 aromatic carbocycles. The van der Waals surface area contributed by atoms with Gasteiger partial charge in [-0.1, -0.05) is 6.07 Å². The van der Waals surface area contributed by atoms with Gasteiger partial charge in [0.2, 0.25) is 5.91 Å². The fraction of sp³-hybridized carbons (Fsp3) is 0.400. The highest BCUT2D eigenvalue weighted by Gasteiger charge is 2.46. The van der Waals surface area contributed by atoms with E-state index in [9.17, 15) is 4.79 Å². The minimum absolute atomic E-state index is 0.130. The highest BCUT2D eigenvalue weighted by Crippen LogP contribution is 2.35. The first-order chi connectivity index (χ1) is 10.3. The third kappa shape index (κ3) is 2.34. The molecule has 0 radical (unpaired) electrons. The van der Waals surface area contributed by atoms with Gasteiger partial charge in [0.05, 0.1) is 24.0 Å². The molecule has 2 saturated heterocycles. The van der Waals surface area contributed by atoms with E-state index in [0.717, 1.165) is 31.9 Å². The zero-order chi connectivity index (χ0) is 14.2. The van der Waals surface area contributed by atoms with Crippen LogP contribution in [0.15, 0.2) is 36.2 Å². The lowest BCUT2D eigenvalue weighted by Crippen LogP contribution is -2.32. The van der Waals surface area contributed by atoms with Gasteiger partial charge in [0.25, 0.3) is 0 Å². The van der Waals surface area contributed by atoms with Gasteiger partial charge in [-0.3, -0.25) is 9.69 Å². The summed E-state index contributed by atoms with van der Waals surface area (Å²) in [5, 5.41) is 2.11. The summed E-state index contributed by atoms with van der Waals surface area (Å²) < 4.78 is 0. The molecule has 0 spiro atoms. The molecule has 0 N–H and O–H groups in total. The molecule has 2 aliphatic rings. The first-order valence-corrected chi connectivity index (χ1v) is 8.00. The third-order valence-electron chi connectivity index (χ3n) is 4.34. The molecule has 2 aliphatic heterocycles. The summed E-state index contributed by atoms with van der Waals surface area (Å²) >= 11 is 1.78. The number of hydrogen-bond donors (Lipinski definition) is 0. The van der Waals surface area contributed by atoms with E-state index in [4.69, 9.17) is 0 Å². The number of nitrogens with zero attached hydrogens (tertiary/aromatic N) is 4. The maximum atomic E-state index is 12.6. The van der Waals surface area contributed by atoms with Crippen molar-refractivity contribution in [3.63, 3.8) is 0 Å². The highest BCUT2D eigenvalue weighted by molar-refractivity contribution is 7.09. The highest BCUT2D eigenvalue weighted by atomic mass is 32.1. The van der Waals surface area contributed by atoms with Crippen LogP contribution in [0.25, 0.3) is 0 Å². The second-order valence-electron chi connectivity index (χ2n) is 5.69. The summed E-state index contributed by atoms with van der Waals surface area (Å²) in [6.45, 7) is 3.62. The first-order valence-electron chi connectivity index (χ1n) is 7.12. The maximum absolute atomic E-state index is 12.6. The van der Waals surface area contributed by atoms with Gasteiger partial charge < -0.3 is 4.90 Å². The zero-order valence-corrected chi connectivity index (χ0v) is 12.4. The number of carbonyl (C=O) groups excluding carboxylic acids is 1. The standard InChI is InChI=1S/C15H16N4OS/c20-15-14-9-18(8-13-2-1-3-21-13)6-11(14)7-19(15)12-4-16-10-17-5-12/h1-5,10-11,14H,6-9H2/t11-,14-/m0/s1. The van der Waals surface area contributed by atoms with Crippen molar-refractivity contribution < 1.29 is 4.79 Å². The number of rotatable bonds is 3. The molecule has 0 bridgehead atoms. The minimum atomic E-state index is 0.130. The first kappa shape index (κ1) is 12.9. The topological polar surface area (TPSA) is 49.3 Å².